The van der Waals surface area contributed by atoms with Crippen LogP contribution in [0, 0.1) is 11.3 Å². The summed E-state index contributed by atoms with van der Waals surface area (Å²) in [5.74, 6) is -0.380. The smallest absolute Gasteiger partial charge is 0.336 e. The molecule has 0 amide bonds. The summed E-state index contributed by atoms with van der Waals surface area (Å²) < 4.78 is 10.0. The summed E-state index contributed by atoms with van der Waals surface area (Å²) >= 11 is 0. The molecule has 0 radical (unpaired) electrons. The van der Waals surface area contributed by atoms with Crippen LogP contribution in [0.15, 0.2) is 18.3 Å². The summed E-state index contributed by atoms with van der Waals surface area (Å²) in [5, 5.41) is 8.81. The van der Waals surface area contributed by atoms with Crippen molar-refractivity contribution in [3.05, 3.63) is 24.0 Å². The van der Waals surface area contributed by atoms with Crippen LogP contribution in [-0.4, -0.2) is 43.9 Å². The van der Waals surface area contributed by atoms with Crippen molar-refractivity contribution in [2.45, 2.75) is 6.10 Å². The summed E-state index contributed by atoms with van der Waals surface area (Å²) in [6.45, 7) is 1.54. The number of hydrogen-bond acceptors (Lipinski definition) is 6. The lowest BCUT2D eigenvalue weighted by atomic mass is 10.2. The maximum Gasteiger partial charge on any atom is 0.336 e. The molecular formula is C12H13N3O3. The number of aromatic nitrogens is 1. The predicted octanol–water partition coefficient (Wildman–Crippen LogP) is 0.331. The van der Waals surface area contributed by atoms with Crippen LogP contribution in [0.25, 0.3) is 0 Å². The Hall–Kier alpha value is -2.13. The van der Waals surface area contributed by atoms with Crippen LogP contribution in [0.1, 0.15) is 5.69 Å². The van der Waals surface area contributed by atoms with Crippen molar-refractivity contribution in [2.24, 2.45) is 0 Å². The molecule has 94 valence electrons. The second-order valence-corrected chi connectivity index (χ2v) is 3.84. The zero-order chi connectivity index (χ0) is 13.0. The Morgan fingerprint density at radius 1 is 1.72 bits per heavy atom. The van der Waals surface area contributed by atoms with Gasteiger partial charge in [-0.05, 0) is 12.1 Å². The predicted molar refractivity (Wildman–Crippen MR) is 62.9 cm³/mol. The van der Waals surface area contributed by atoms with E-state index in [1.54, 1.807) is 18.3 Å². The van der Waals surface area contributed by atoms with E-state index in [9.17, 15) is 4.79 Å². The van der Waals surface area contributed by atoms with Crippen molar-refractivity contribution in [1.29, 1.82) is 5.26 Å². The van der Waals surface area contributed by atoms with E-state index in [0.29, 0.717) is 25.4 Å². The minimum Gasteiger partial charge on any atom is -0.467 e. The first-order valence-electron chi connectivity index (χ1n) is 5.55. The van der Waals surface area contributed by atoms with Crippen molar-refractivity contribution >= 4 is 11.7 Å². The van der Waals surface area contributed by atoms with Gasteiger partial charge in [-0.25, -0.2) is 9.78 Å². The monoisotopic (exact) mass is 247 g/mol. The number of esters is 1. The number of morpholine rings is 1. The van der Waals surface area contributed by atoms with Gasteiger partial charge in [0, 0.05) is 18.4 Å². The Kier molecular flexibility index (Phi) is 3.75. The normalized spacial score (nSPS) is 19.1. The molecule has 2 rings (SSSR count). The second kappa shape index (κ2) is 5.47. The van der Waals surface area contributed by atoms with Gasteiger partial charge in [0.15, 0.2) is 6.10 Å². The molecule has 18 heavy (non-hydrogen) atoms. The van der Waals surface area contributed by atoms with Gasteiger partial charge in [0.25, 0.3) is 0 Å². The lowest BCUT2D eigenvalue weighted by Crippen LogP contribution is -2.46. The molecule has 1 aromatic heterocycles. The van der Waals surface area contributed by atoms with E-state index >= 15 is 0 Å². The first kappa shape index (κ1) is 12.3. The van der Waals surface area contributed by atoms with Gasteiger partial charge in [-0.3, -0.25) is 0 Å². The van der Waals surface area contributed by atoms with E-state index in [4.69, 9.17) is 10.00 Å². The lowest BCUT2D eigenvalue weighted by Gasteiger charge is -2.33. The van der Waals surface area contributed by atoms with Gasteiger partial charge < -0.3 is 14.4 Å². The topological polar surface area (TPSA) is 75.5 Å². The van der Waals surface area contributed by atoms with Crippen molar-refractivity contribution in [3.8, 4) is 6.07 Å². The molecule has 1 unspecified atom stereocenters. The van der Waals surface area contributed by atoms with Crippen LogP contribution >= 0.6 is 0 Å². The highest BCUT2D eigenvalue weighted by molar-refractivity contribution is 5.75. The van der Waals surface area contributed by atoms with Crippen LogP contribution in [0.5, 0.6) is 0 Å². The number of carbonyl (C=O) groups excluding carboxylic acids is 1. The Labute approximate surface area is 105 Å². The molecular weight excluding hydrogens is 234 g/mol. The Bertz CT molecular complexity index is 484. The number of ether oxygens (including phenoxy) is 2. The lowest BCUT2D eigenvalue weighted by molar-refractivity contribution is -0.154. The summed E-state index contributed by atoms with van der Waals surface area (Å²) in [5.41, 5.74) is 1.22. The average Bonchev–Trinajstić information content (AvgIpc) is 2.46. The van der Waals surface area contributed by atoms with E-state index in [2.05, 4.69) is 9.72 Å². The third kappa shape index (κ3) is 2.57. The molecule has 6 nitrogen and oxygen atoms in total. The number of hydrogen-bond donors (Lipinski definition) is 0. The first-order chi connectivity index (χ1) is 8.74. The Morgan fingerprint density at radius 2 is 2.56 bits per heavy atom. The Balaban J connectivity index is 2.13. The summed E-state index contributed by atoms with van der Waals surface area (Å²) in [7, 11) is 1.34. The van der Waals surface area contributed by atoms with Gasteiger partial charge >= 0.3 is 5.97 Å². The first-order valence-corrected chi connectivity index (χ1v) is 5.55. The second-order valence-electron chi connectivity index (χ2n) is 3.84. The molecule has 1 aromatic rings. The minimum atomic E-state index is -0.581. The van der Waals surface area contributed by atoms with E-state index in [-0.39, 0.29) is 5.97 Å². The van der Waals surface area contributed by atoms with Crippen LogP contribution in [-0.2, 0) is 14.3 Å². The van der Waals surface area contributed by atoms with E-state index < -0.39 is 6.10 Å². The maximum absolute atomic E-state index is 11.4. The minimum absolute atomic E-state index is 0.355. The molecule has 0 N–H and O–H groups in total. The van der Waals surface area contributed by atoms with Gasteiger partial charge in [0.2, 0.25) is 0 Å². The molecule has 1 aliphatic rings. The molecule has 1 fully saturated rings. The number of anilines is 1. The highest BCUT2D eigenvalue weighted by Crippen LogP contribution is 2.18. The summed E-state index contributed by atoms with van der Waals surface area (Å²) in [6.07, 6.45) is 0.999. The zero-order valence-electron chi connectivity index (χ0n) is 10.00. The van der Waals surface area contributed by atoms with Crippen molar-refractivity contribution in [1.82, 2.24) is 4.98 Å². The molecule has 0 bridgehead atoms. The number of carbonyl (C=O) groups is 1. The number of nitriles is 1. The fourth-order valence-electron chi connectivity index (χ4n) is 1.84. The third-order valence-electron chi connectivity index (χ3n) is 2.75. The molecule has 0 aromatic carbocycles. The standard InChI is InChI=1S/C12H13N3O3/c1-17-12(16)11-8-15(4-5-18-11)10-2-3-14-9(6-10)7-13/h2-3,6,11H,4-5,8H2,1H3. The maximum atomic E-state index is 11.4. The number of methoxy groups -OCH3 is 1. The quantitative estimate of drug-likeness (QED) is 0.701. The van der Waals surface area contributed by atoms with Crippen molar-refractivity contribution in [2.75, 3.05) is 31.7 Å². The van der Waals surface area contributed by atoms with E-state index in [0.717, 1.165) is 5.69 Å². The summed E-state index contributed by atoms with van der Waals surface area (Å²) in [6, 6.07) is 5.49. The van der Waals surface area contributed by atoms with Gasteiger partial charge in [-0.2, -0.15) is 5.26 Å². The van der Waals surface area contributed by atoms with Crippen LogP contribution in [0.3, 0.4) is 0 Å². The van der Waals surface area contributed by atoms with Gasteiger partial charge in [-0.15, -0.1) is 0 Å². The molecule has 0 spiro atoms. The highest BCUT2D eigenvalue weighted by atomic mass is 16.6. The molecule has 0 aliphatic carbocycles. The average molecular weight is 247 g/mol. The van der Waals surface area contributed by atoms with E-state index in [1.165, 1.54) is 7.11 Å². The van der Waals surface area contributed by atoms with Crippen molar-refractivity contribution in [3.63, 3.8) is 0 Å². The van der Waals surface area contributed by atoms with E-state index in [1.807, 2.05) is 11.0 Å². The molecule has 0 saturated carbocycles. The van der Waals surface area contributed by atoms with Crippen LogP contribution in [0.2, 0.25) is 0 Å². The third-order valence-corrected chi connectivity index (χ3v) is 2.75. The van der Waals surface area contributed by atoms with Crippen LogP contribution < -0.4 is 4.90 Å². The number of rotatable bonds is 2. The SMILES string of the molecule is COC(=O)C1CN(c2ccnc(C#N)c2)CCO1. The largest absolute Gasteiger partial charge is 0.467 e. The van der Waals surface area contributed by atoms with Gasteiger partial charge in [-0.1, -0.05) is 0 Å². The van der Waals surface area contributed by atoms with Gasteiger partial charge in [0.1, 0.15) is 11.8 Å². The number of nitrogens with zero attached hydrogens (tertiary/aromatic N) is 3. The zero-order valence-corrected chi connectivity index (χ0v) is 10.00. The van der Waals surface area contributed by atoms with Gasteiger partial charge in [0.05, 0.1) is 20.3 Å². The molecule has 1 saturated heterocycles. The molecule has 1 atom stereocenters. The molecule has 1 aliphatic heterocycles. The highest BCUT2D eigenvalue weighted by Gasteiger charge is 2.27. The fraction of sp³-hybridized carbons (Fsp3) is 0.417. The fourth-order valence-corrected chi connectivity index (χ4v) is 1.84. The summed E-state index contributed by atoms with van der Waals surface area (Å²) in [4.78, 5) is 17.3. The Morgan fingerprint density at radius 3 is 3.28 bits per heavy atom. The molecule has 2 heterocycles. The number of pyridine rings is 1. The van der Waals surface area contributed by atoms with Crippen molar-refractivity contribution < 1.29 is 14.3 Å². The molecule has 6 heteroatoms. The van der Waals surface area contributed by atoms with Crippen LogP contribution in [0.4, 0.5) is 5.69 Å².